The molecule has 2 aromatic rings. The van der Waals surface area contributed by atoms with Gasteiger partial charge in [0, 0.05) is 18.3 Å². The van der Waals surface area contributed by atoms with Crippen LogP contribution in [0.2, 0.25) is 0 Å². The van der Waals surface area contributed by atoms with Gasteiger partial charge >= 0.3 is 5.69 Å². The second kappa shape index (κ2) is 6.35. The fourth-order valence-corrected chi connectivity index (χ4v) is 2.02. The molecule has 0 bridgehead atoms. The van der Waals surface area contributed by atoms with Gasteiger partial charge in [-0.15, -0.1) is 0 Å². The first-order valence-electron chi connectivity index (χ1n) is 6.74. The predicted molar refractivity (Wildman–Crippen MR) is 80.9 cm³/mol. The van der Waals surface area contributed by atoms with Gasteiger partial charge in [0.25, 0.3) is 0 Å². The molecule has 110 valence electrons. The van der Waals surface area contributed by atoms with Gasteiger partial charge in [-0.25, -0.2) is 0 Å². The van der Waals surface area contributed by atoms with Crippen LogP contribution in [-0.2, 0) is 6.54 Å². The van der Waals surface area contributed by atoms with Crippen LogP contribution in [0.15, 0.2) is 42.5 Å². The van der Waals surface area contributed by atoms with E-state index in [0.29, 0.717) is 18.0 Å². The lowest BCUT2D eigenvalue weighted by Gasteiger charge is -2.10. The molecular formula is C16H17FN2O2. The lowest BCUT2D eigenvalue weighted by atomic mass is 10.0. The van der Waals surface area contributed by atoms with Gasteiger partial charge in [-0.1, -0.05) is 32.0 Å². The highest BCUT2D eigenvalue weighted by molar-refractivity contribution is 5.47. The molecule has 0 spiro atoms. The number of nitrogens with one attached hydrogen (secondary N) is 1. The van der Waals surface area contributed by atoms with Crippen LogP contribution < -0.4 is 5.32 Å². The van der Waals surface area contributed by atoms with Crippen molar-refractivity contribution in [2.75, 3.05) is 5.32 Å². The van der Waals surface area contributed by atoms with E-state index in [0.717, 1.165) is 5.69 Å². The van der Waals surface area contributed by atoms with Crippen molar-refractivity contribution in [3.8, 4) is 0 Å². The van der Waals surface area contributed by atoms with Gasteiger partial charge in [-0.3, -0.25) is 10.1 Å². The smallest absolute Gasteiger partial charge is 0.304 e. The Labute approximate surface area is 122 Å². The Hall–Kier alpha value is -2.43. The third-order valence-corrected chi connectivity index (χ3v) is 3.26. The Kier molecular flexibility index (Phi) is 4.52. The van der Waals surface area contributed by atoms with Crippen molar-refractivity contribution in [1.82, 2.24) is 0 Å². The van der Waals surface area contributed by atoms with Crippen molar-refractivity contribution in [3.63, 3.8) is 0 Å². The number of nitro groups is 1. The monoisotopic (exact) mass is 288 g/mol. The summed E-state index contributed by atoms with van der Waals surface area (Å²) in [6.45, 7) is 4.64. The Morgan fingerprint density at radius 2 is 2.00 bits per heavy atom. The summed E-state index contributed by atoms with van der Waals surface area (Å²) in [6.07, 6.45) is 0. The number of hydrogen-bond donors (Lipinski definition) is 1. The standard InChI is InChI=1S/C16H17FN2O2/c1-11(2)13-4-3-5-14(9-13)18-10-12-6-7-16(19(20)21)15(17)8-12/h3-9,11,18H,10H2,1-2H3. The Morgan fingerprint density at radius 1 is 1.24 bits per heavy atom. The Balaban J connectivity index is 2.08. The van der Waals surface area contributed by atoms with E-state index < -0.39 is 16.4 Å². The first-order valence-corrected chi connectivity index (χ1v) is 6.74. The number of halogens is 1. The van der Waals surface area contributed by atoms with Crippen molar-refractivity contribution >= 4 is 11.4 Å². The van der Waals surface area contributed by atoms with Crippen LogP contribution in [0.5, 0.6) is 0 Å². The van der Waals surface area contributed by atoms with E-state index in [1.54, 1.807) is 6.07 Å². The first-order chi connectivity index (χ1) is 9.97. The van der Waals surface area contributed by atoms with Crippen LogP contribution in [0.4, 0.5) is 15.8 Å². The number of nitro benzene ring substituents is 1. The van der Waals surface area contributed by atoms with Gasteiger partial charge in [0.1, 0.15) is 0 Å². The Bertz CT molecular complexity index is 656. The van der Waals surface area contributed by atoms with Gasteiger partial charge in [-0.05, 0) is 35.2 Å². The summed E-state index contributed by atoms with van der Waals surface area (Å²) in [5.41, 5.74) is 2.32. The van der Waals surface area contributed by atoms with Gasteiger partial charge in [0.05, 0.1) is 4.92 Å². The lowest BCUT2D eigenvalue weighted by Crippen LogP contribution is -2.02. The molecule has 0 aliphatic rings. The van der Waals surface area contributed by atoms with E-state index in [9.17, 15) is 14.5 Å². The SMILES string of the molecule is CC(C)c1cccc(NCc2ccc([N+](=O)[O-])c(F)c2)c1. The zero-order valence-electron chi connectivity index (χ0n) is 12.0. The maximum absolute atomic E-state index is 13.5. The minimum absolute atomic E-state index is 0.413. The highest BCUT2D eigenvalue weighted by Gasteiger charge is 2.13. The van der Waals surface area contributed by atoms with Crippen molar-refractivity contribution in [2.45, 2.75) is 26.3 Å². The topological polar surface area (TPSA) is 55.2 Å². The van der Waals surface area contributed by atoms with Crippen LogP contribution in [-0.4, -0.2) is 4.92 Å². The maximum atomic E-state index is 13.5. The largest absolute Gasteiger partial charge is 0.381 e. The molecular weight excluding hydrogens is 271 g/mol. The molecule has 0 aliphatic heterocycles. The summed E-state index contributed by atoms with van der Waals surface area (Å²) in [4.78, 5) is 9.84. The van der Waals surface area contributed by atoms with Crippen LogP contribution >= 0.6 is 0 Å². The summed E-state index contributed by atoms with van der Waals surface area (Å²) in [5, 5.41) is 13.8. The fraction of sp³-hybridized carbons (Fsp3) is 0.250. The van der Waals surface area contributed by atoms with Crippen molar-refractivity contribution in [3.05, 3.63) is 69.5 Å². The minimum atomic E-state index is -0.810. The molecule has 2 rings (SSSR count). The molecule has 4 nitrogen and oxygen atoms in total. The van der Waals surface area contributed by atoms with Crippen molar-refractivity contribution in [2.24, 2.45) is 0 Å². The van der Waals surface area contributed by atoms with E-state index in [1.165, 1.54) is 17.7 Å². The van der Waals surface area contributed by atoms with E-state index in [1.807, 2.05) is 18.2 Å². The van der Waals surface area contributed by atoms with E-state index in [-0.39, 0.29) is 0 Å². The van der Waals surface area contributed by atoms with Crippen LogP contribution in [0.3, 0.4) is 0 Å². The highest BCUT2D eigenvalue weighted by Crippen LogP contribution is 2.21. The number of benzene rings is 2. The molecule has 0 atom stereocenters. The quantitative estimate of drug-likeness (QED) is 0.652. The van der Waals surface area contributed by atoms with Crippen LogP contribution in [0.25, 0.3) is 0 Å². The molecule has 0 fully saturated rings. The molecule has 0 amide bonds. The average Bonchev–Trinajstić information content (AvgIpc) is 2.45. The summed E-state index contributed by atoms with van der Waals surface area (Å²) < 4.78 is 13.5. The maximum Gasteiger partial charge on any atom is 0.304 e. The molecule has 5 heteroatoms. The van der Waals surface area contributed by atoms with Gasteiger partial charge in [0.2, 0.25) is 5.82 Å². The molecule has 0 saturated carbocycles. The fourth-order valence-electron chi connectivity index (χ4n) is 2.02. The second-order valence-corrected chi connectivity index (χ2v) is 5.18. The van der Waals surface area contributed by atoms with Gasteiger partial charge < -0.3 is 5.32 Å². The molecule has 21 heavy (non-hydrogen) atoms. The number of rotatable bonds is 5. The molecule has 0 radical (unpaired) electrons. The second-order valence-electron chi connectivity index (χ2n) is 5.18. The first kappa shape index (κ1) is 15.0. The Morgan fingerprint density at radius 3 is 2.62 bits per heavy atom. The van der Waals surface area contributed by atoms with Crippen molar-refractivity contribution in [1.29, 1.82) is 0 Å². The molecule has 1 N–H and O–H groups in total. The predicted octanol–water partition coefficient (Wildman–Crippen LogP) is 4.47. The molecule has 0 aromatic heterocycles. The van der Waals surface area contributed by atoms with Crippen molar-refractivity contribution < 1.29 is 9.31 Å². The molecule has 0 saturated heterocycles. The number of nitrogens with zero attached hydrogens (tertiary/aromatic N) is 1. The molecule has 2 aromatic carbocycles. The highest BCUT2D eigenvalue weighted by atomic mass is 19.1. The third-order valence-electron chi connectivity index (χ3n) is 3.26. The molecule has 0 unspecified atom stereocenters. The lowest BCUT2D eigenvalue weighted by molar-refractivity contribution is -0.387. The summed E-state index contributed by atoms with van der Waals surface area (Å²) in [7, 11) is 0. The van der Waals surface area contributed by atoms with Crippen LogP contribution in [0, 0.1) is 15.9 Å². The summed E-state index contributed by atoms with van der Waals surface area (Å²) >= 11 is 0. The van der Waals surface area contributed by atoms with E-state index in [4.69, 9.17) is 0 Å². The summed E-state index contributed by atoms with van der Waals surface area (Å²) in [6, 6.07) is 11.9. The number of hydrogen-bond acceptors (Lipinski definition) is 3. The normalized spacial score (nSPS) is 10.7. The molecule has 0 heterocycles. The van der Waals surface area contributed by atoms with Gasteiger partial charge in [-0.2, -0.15) is 4.39 Å². The molecule has 0 aliphatic carbocycles. The van der Waals surface area contributed by atoms with E-state index in [2.05, 4.69) is 25.2 Å². The zero-order valence-corrected chi connectivity index (χ0v) is 12.0. The van der Waals surface area contributed by atoms with Crippen LogP contribution in [0.1, 0.15) is 30.9 Å². The van der Waals surface area contributed by atoms with E-state index >= 15 is 0 Å². The number of anilines is 1. The average molecular weight is 288 g/mol. The van der Waals surface area contributed by atoms with Gasteiger partial charge in [0.15, 0.2) is 0 Å². The third kappa shape index (κ3) is 3.78. The summed E-state index contributed by atoms with van der Waals surface area (Å²) in [5.74, 6) is -0.376. The zero-order chi connectivity index (χ0) is 15.4. The minimum Gasteiger partial charge on any atom is -0.381 e.